The molecule has 1 saturated heterocycles. The molecule has 1 aliphatic rings. The highest BCUT2D eigenvalue weighted by atomic mass is 28.4. The van der Waals surface area contributed by atoms with Gasteiger partial charge in [0, 0.05) is 17.8 Å². The Morgan fingerprint density at radius 1 is 1.29 bits per heavy atom. The van der Waals surface area contributed by atoms with Gasteiger partial charge in [-0.1, -0.05) is 20.8 Å². The number of Topliss-reactive ketones (excluding diaryl/α,β-unsaturated/α-hetero) is 1. The van der Waals surface area contributed by atoms with Crippen LogP contribution in [0.25, 0.3) is 0 Å². The summed E-state index contributed by atoms with van der Waals surface area (Å²) in [5.41, 5.74) is 0. The zero-order valence-corrected chi connectivity index (χ0v) is 16.9. The number of ketones is 1. The molecular weight excluding hydrogens is 330 g/mol. The highest BCUT2D eigenvalue weighted by Gasteiger charge is 2.46. The molecule has 1 rings (SSSR count). The lowest BCUT2D eigenvalue weighted by Gasteiger charge is -2.37. The monoisotopic (exact) mass is 361 g/mol. The molecule has 0 unspecified atom stereocenters. The highest BCUT2D eigenvalue weighted by molar-refractivity contribution is 6.74. The highest BCUT2D eigenvalue weighted by Crippen LogP contribution is 2.38. The first-order valence-corrected chi connectivity index (χ1v) is 11.3. The summed E-state index contributed by atoms with van der Waals surface area (Å²) in [6.07, 6.45) is -0.877. The van der Waals surface area contributed by atoms with Crippen LogP contribution in [0.2, 0.25) is 18.1 Å². The number of ether oxygens (including phenoxy) is 2. The van der Waals surface area contributed by atoms with Crippen LogP contribution >= 0.6 is 0 Å². The number of rotatable bonds is 8. The van der Waals surface area contributed by atoms with Crippen LogP contribution in [-0.4, -0.2) is 50.2 Å². The number of hydrogen-bond acceptors (Lipinski definition) is 6. The molecular formula is C16H31NO6Si. The van der Waals surface area contributed by atoms with Gasteiger partial charge in [-0.15, -0.1) is 0 Å². The molecule has 0 bridgehead atoms. The van der Waals surface area contributed by atoms with Crippen molar-refractivity contribution in [2.45, 2.75) is 83.6 Å². The fourth-order valence-electron chi connectivity index (χ4n) is 2.26. The Kier molecular flexibility index (Phi) is 6.71. The summed E-state index contributed by atoms with van der Waals surface area (Å²) in [5, 5.41) is 10.5. The van der Waals surface area contributed by atoms with E-state index >= 15 is 0 Å². The standard InChI is InChI=1S/C16H31NO6Si/c1-15(2,3)24(6,7)21-11-13-14(23-16(4,5)22-13)12(18)9-8-10-17(19)20/h13-14H,8-11H2,1-7H3/t13-,14-/m0/s1. The zero-order valence-electron chi connectivity index (χ0n) is 15.9. The molecule has 0 saturated carbocycles. The summed E-state index contributed by atoms with van der Waals surface area (Å²) < 4.78 is 17.7. The van der Waals surface area contributed by atoms with Crippen molar-refractivity contribution in [3.05, 3.63) is 10.1 Å². The molecule has 140 valence electrons. The fourth-order valence-corrected chi connectivity index (χ4v) is 3.28. The van der Waals surface area contributed by atoms with E-state index in [1.807, 2.05) is 0 Å². The molecule has 0 N–H and O–H groups in total. The van der Waals surface area contributed by atoms with E-state index in [1.165, 1.54) is 0 Å². The Labute approximate surface area is 145 Å². The van der Waals surface area contributed by atoms with Crippen LogP contribution in [0.5, 0.6) is 0 Å². The second-order valence-electron chi connectivity index (χ2n) is 8.29. The Hall–Kier alpha value is -0.833. The van der Waals surface area contributed by atoms with E-state index in [0.29, 0.717) is 6.61 Å². The lowest BCUT2D eigenvalue weighted by atomic mass is 10.1. The third-order valence-electron chi connectivity index (χ3n) is 4.68. The Balaban J connectivity index is 2.69. The molecule has 0 spiro atoms. The average Bonchev–Trinajstić information content (AvgIpc) is 2.70. The maximum absolute atomic E-state index is 12.4. The summed E-state index contributed by atoms with van der Waals surface area (Å²) >= 11 is 0. The SMILES string of the molecule is CC1(C)O[C@@H](CO[Si](C)(C)C(C)(C)C)[C@H](C(=O)CCC[N+](=O)[O-])O1. The molecule has 1 fully saturated rings. The van der Waals surface area contributed by atoms with Crippen molar-refractivity contribution in [1.29, 1.82) is 0 Å². The molecule has 0 radical (unpaired) electrons. The summed E-state index contributed by atoms with van der Waals surface area (Å²) in [6, 6.07) is 0. The molecule has 8 heteroatoms. The second-order valence-corrected chi connectivity index (χ2v) is 13.1. The molecule has 7 nitrogen and oxygen atoms in total. The van der Waals surface area contributed by atoms with Gasteiger partial charge < -0.3 is 13.9 Å². The minimum absolute atomic E-state index is 0.0627. The van der Waals surface area contributed by atoms with Gasteiger partial charge in [0.25, 0.3) is 0 Å². The van der Waals surface area contributed by atoms with E-state index in [-0.39, 0.29) is 30.2 Å². The van der Waals surface area contributed by atoms with E-state index in [0.717, 1.165) is 0 Å². The van der Waals surface area contributed by atoms with Crippen LogP contribution in [-0.2, 0) is 18.7 Å². The topological polar surface area (TPSA) is 87.9 Å². The van der Waals surface area contributed by atoms with Crippen LogP contribution in [0, 0.1) is 10.1 Å². The van der Waals surface area contributed by atoms with E-state index in [4.69, 9.17) is 13.9 Å². The molecule has 24 heavy (non-hydrogen) atoms. The Morgan fingerprint density at radius 3 is 2.38 bits per heavy atom. The van der Waals surface area contributed by atoms with Crippen LogP contribution < -0.4 is 0 Å². The van der Waals surface area contributed by atoms with Gasteiger partial charge in [-0.2, -0.15) is 0 Å². The van der Waals surface area contributed by atoms with E-state index in [2.05, 4.69) is 33.9 Å². The molecule has 2 atom stereocenters. The van der Waals surface area contributed by atoms with Gasteiger partial charge in [0.2, 0.25) is 6.54 Å². The van der Waals surface area contributed by atoms with Crippen molar-refractivity contribution in [2.24, 2.45) is 0 Å². The van der Waals surface area contributed by atoms with Gasteiger partial charge in [0.1, 0.15) is 12.2 Å². The lowest BCUT2D eigenvalue weighted by Crippen LogP contribution is -2.45. The molecule has 0 amide bonds. The summed E-state index contributed by atoms with van der Waals surface area (Å²) in [5.74, 6) is -1.02. The quantitative estimate of drug-likeness (QED) is 0.375. The number of carbonyl (C=O) groups is 1. The third-order valence-corrected chi connectivity index (χ3v) is 9.18. The summed E-state index contributed by atoms with van der Waals surface area (Å²) in [7, 11) is -1.96. The molecule has 1 aliphatic heterocycles. The number of carbonyl (C=O) groups excluding carboxylic acids is 1. The first-order chi connectivity index (χ1) is 10.8. The van der Waals surface area contributed by atoms with Gasteiger partial charge in [0.05, 0.1) is 6.61 Å². The maximum atomic E-state index is 12.4. The van der Waals surface area contributed by atoms with Crippen LogP contribution in [0.4, 0.5) is 0 Å². The summed E-state index contributed by atoms with van der Waals surface area (Å²) in [4.78, 5) is 22.4. The first kappa shape index (κ1) is 21.2. The van der Waals surface area contributed by atoms with Crippen LogP contribution in [0.3, 0.4) is 0 Å². The molecule has 0 aromatic rings. The van der Waals surface area contributed by atoms with E-state index in [1.54, 1.807) is 13.8 Å². The van der Waals surface area contributed by atoms with Crippen molar-refractivity contribution in [2.75, 3.05) is 13.2 Å². The van der Waals surface area contributed by atoms with E-state index < -0.39 is 31.2 Å². The third kappa shape index (κ3) is 5.91. The average molecular weight is 362 g/mol. The largest absolute Gasteiger partial charge is 0.414 e. The van der Waals surface area contributed by atoms with Gasteiger partial charge in [0.15, 0.2) is 19.9 Å². The summed E-state index contributed by atoms with van der Waals surface area (Å²) in [6.45, 7) is 14.3. The predicted molar refractivity (Wildman–Crippen MR) is 93.1 cm³/mol. The fraction of sp³-hybridized carbons (Fsp3) is 0.938. The van der Waals surface area contributed by atoms with Crippen LogP contribution in [0.15, 0.2) is 0 Å². The minimum atomic E-state index is -1.96. The maximum Gasteiger partial charge on any atom is 0.204 e. The number of nitrogens with zero attached hydrogens (tertiary/aromatic N) is 1. The van der Waals surface area contributed by atoms with Gasteiger partial charge >= 0.3 is 0 Å². The second kappa shape index (κ2) is 7.59. The van der Waals surface area contributed by atoms with Gasteiger partial charge in [-0.05, 0) is 32.0 Å². The number of nitro groups is 1. The molecule has 0 aromatic heterocycles. The van der Waals surface area contributed by atoms with Gasteiger partial charge in [-0.3, -0.25) is 14.9 Å². The van der Waals surface area contributed by atoms with E-state index in [9.17, 15) is 14.9 Å². The Morgan fingerprint density at radius 2 is 1.88 bits per heavy atom. The molecule has 1 heterocycles. The first-order valence-electron chi connectivity index (χ1n) is 8.39. The lowest BCUT2D eigenvalue weighted by molar-refractivity contribution is -0.480. The van der Waals surface area contributed by atoms with Crippen molar-refractivity contribution < 1.29 is 23.6 Å². The molecule has 0 aliphatic carbocycles. The smallest absolute Gasteiger partial charge is 0.204 e. The normalized spacial score (nSPS) is 24.1. The number of hydrogen-bond donors (Lipinski definition) is 0. The van der Waals surface area contributed by atoms with Crippen LogP contribution in [0.1, 0.15) is 47.5 Å². The molecule has 0 aromatic carbocycles. The van der Waals surface area contributed by atoms with Gasteiger partial charge in [-0.25, -0.2) is 0 Å². The van der Waals surface area contributed by atoms with Crippen molar-refractivity contribution in [1.82, 2.24) is 0 Å². The Bertz CT molecular complexity index is 472. The van der Waals surface area contributed by atoms with Crippen molar-refractivity contribution >= 4 is 14.1 Å². The minimum Gasteiger partial charge on any atom is -0.414 e. The predicted octanol–water partition coefficient (Wildman–Crippen LogP) is 3.15. The zero-order chi connectivity index (χ0) is 18.8. The van der Waals surface area contributed by atoms with Crippen molar-refractivity contribution in [3.8, 4) is 0 Å². The van der Waals surface area contributed by atoms with Crippen molar-refractivity contribution in [3.63, 3.8) is 0 Å².